The van der Waals surface area contributed by atoms with E-state index in [9.17, 15) is 0 Å². The van der Waals surface area contributed by atoms with Gasteiger partial charge in [0.25, 0.3) is 0 Å². The Bertz CT molecular complexity index is 563. The maximum Gasteiger partial charge on any atom is 0.0340 e. The van der Waals surface area contributed by atoms with E-state index in [1.54, 1.807) is 0 Å². The van der Waals surface area contributed by atoms with Gasteiger partial charge in [0.15, 0.2) is 0 Å². The minimum Gasteiger partial charge on any atom is -0.0622 e. The summed E-state index contributed by atoms with van der Waals surface area (Å²) >= 11 is 0. The first-order valence-electron chi connectivity index (χ1n) is 6.84. The van der Waals surface area contributed by atoms with Crippen molar-refractivity contribution in [2.45, 2.75) is 5.04 Å². The molecule has 0 aromatic heterocycles. The average molecular weight is 273 g/mol. The van der Waals surface area contributed by atoms with Crippen molar-refractivity contribution in [3.05, 3.63) is 108 Å². The van der Waals surface area contributed by atoms with Crippen LogP contribution in [0.15, 0.2) is 91.0 Å². The lowest BCUT2D eigenvalue weighted by Gasteiger charge is -2.32. The Hall–Kier alpha value is -2.12. The van der Waals surface area contributed by atoms with Crippen LogP contribution < -0.4 is 0 Å². The van der Waals surface area contributed by atoms with Crippen molar-refractivity contribution >= 4 is 10.2 Å². The van der Waals surface area contributed by atoms with Crippen LogP contribution >= 0.6 is 0 Å². The summed E-state index contributed by atoms with van der Waals surface area (Å²) in [6.07, 6.45) is 0. The standard InChI is InChI=1S/C19H17Si/c20-19(16-10-4-1-5-11-16,17-12-6-2-7-13-17)18-14-8-3-9-15-18/h1-15H,20H2. The minimum absolute atomic E-state index is 0.0935. The summed E-state index contributed by atoms with van der Waals surface area (Å²) in [6, 6.07) is 32.2. The fraction of sp³-hybridized carbons (Fsp3) is 0.0526. The molecule has 3 rings (SSSR count). The van der Waals surface area contributed by atoms with E-state index in [0.29, 0.717) is 0 Å². The van der Waals surface area contributed by atoms with Crippen molar-refractivity contribution in [3.8, 4) is 0 Å². The first-order valence-corrected chi connectivity index (χ1v) is 7.54. The number of benzene rings is 3. The molecule has 0 nitrogen and oxygen atoms in total. The fourth-order valence-electron chi connectivity index (χ4n) is 2.67. The number of rotatable bonds is 3. The van der Waals surface area contributed by atoms with Crippen LogP contribution in [-0.2, 0) is 5.04 Å². The Morgan fingerprint density at radius 1 is 0.450 bits per heavy atom. The quantitative estimate of drug-likeness (QED) is 0.505. The van der Waals surface area contributed by atoms with Crippen LogP contribution in [0.2, 0.25) is 0 Å². The van der Waals surface area contributed by atoms with E-state index >= 15 is 0 Å². The fourth-order valence-corrected chi connectivity index (χ4v) is 3.38. The molecule has 0 saturated carbocycles. The Morgan fingerprint density at radius 2 is 0.700 bits per heavy atom. The molecule has 3 aromatic rings. The molecule has 0 heterocycles. The second-order valence-electron chi connectivity index (χ2n) is 5.00. The lowest BCUT2D eigenvalue weighted by molar-refractivity contribution is 0.877. The maximum absolute atomic E-state index is 2.22. The third-order valence-corrected chi connectivity index (χ3v) is 5.02. The van der Waals surface area contributed by atoms with E-state index in [-0.39, 0.29) is 5.04 Å². The van der Waals surface area contributed by atoms with E-state index in [4.69, 9.17) is 0 Å². The molecular weight excluding hydrogens is 256 g/mol. The van der Waals surface area contributed by atoms with Gasteiger partial charge < -0.3 is 0 Å². The summed E-state index contributed by atoms with van der Waals surface area (Å²) in [5.41, 5.74) is 3.99. The predicted octanol–water partition coefficient (Wildman–Crippen LogP) is 3.61. The van der Waals surface area contributed by atoms with E-state index in [1.165, 1.54) is 16.7 Å². The van der Waals surface area contributed by atoms with Crippen LogP contribution in [0.1, 0.15) is 16.7 Å². The molecule has 1 radical (unpaired) electrons. The molecule has 0 amide bonds. The highest BCUT2D eigenvalue weighted by Gasteiger charge is 2.30. The van der Waals surface area contributed by atoms with Gasteiger partial charge >= 0.3 is 0 Å². The zero-order valence-corrected chi connectivity index (χ0v) is 12.8. The van der Waals surface area contributed by atoms with Gasteiger partial charge in [-0.15, -0.1) is 0 Å². The Balaban J connectivity index is 2.24. The normalized spacial score (nSPS) is 11.2. The van der Waals surface area contributed by atoms with Crippen LogP contribution in [0.25, 0.3) is 0 Å². The van der Waals surface area contributed by atoms with Crippen molar-refractivity contribution in [3.63, 3.8) is 0 Å². The van der Waals surface area contributed by atoms with Crippen molar-refractivity contribution in [1.82, 2.24) is 0 Å². The Kier molecular flexibility index (Phi) is 3.53. The smallest absolute Gasteiger partial charge is 0.0340 e. The van der Waals surface area contributed by atoms with Gasteiger partial charge in [-0.25, -0.2) is 0 Å². The molecule has 0 spiro atoms. The molecule has 97 valence electrons. The first kappa shape index (κ1) is 12.9. The molecular formula is C19H17Si. The van der Waals surface area contributed by atoms with Crippen molar-refractivity contribution in [2.24, 2.45) is 0 Å². The molecule has 0 aliphatic carbocycles. The highest BCUT2D eigenvalue weighted by Crippen LogP contribution is 2.35. The molecule has 0 atom stereocenters. The van der Waals surface area contributed by atoms with Crippen molar-refractivity contribution in [1.29, 1.82) is 0 Å². The highest BCUT2D eigenvalue weighted by molar-refractivity contribution is 6.20. The predicted molar refractivity (Wildman–Crippen MR) is 87.8 cm³/mol. The van der Waals surface area contributed by atoms with Crippen molar-refractivity contribution in [2.75, 3.05) is 0 Å². The molecule has 20 heavy (non-hydrogen) atoms. The molecule has 3 aromatic carbocycles. The highest BCUT2D eigenvalue weighted by atomic mass is 28.1. The third-order valence-electron chi connectivity index (χ3n) is 3.80. The molecule has 0 bridgehead atoms. The SMILES string of the molecule is [SiH2]C(c1ccccc1)(c1ccccc1)c1ccccc1. The second-order valence-corrected chi connectivity index (χ2v) is 6.06. The van der Waals surface area contributed by atoms with Gasteiger partial charge in [-0.1, -0.05) is 91.0 Å². The average Bonchev–Trinajstić information content (AvgIpc) is 2.56. The molecule has 0 fully saturated rings. The summed E-state index contributed by atoms with van der Waals surface area (Å²) in [6.45, 7) is 0. The van der Waals surface area contributed by atoms with E-state index < -0.39 is 0 Å². The topological polar surface area (TPSA) is 0 Å². The van der Waals surface area contributed by atoms with Gasteiger partial charge in [0.05, 0.1) is 0 Å². The zero-order valence-electron chi connectivity index (χ0n) is 11.4. The number of hydrogen-bond donors (Lipinski definition) is 0. The molecule has 0 aliphatic heterocycles. The van der Waals surface area contributed by atoms with Gasteiger partial charge in [-0.05, 0) is 16.7 Å². The molecule has 0 saturated heterocycles. The maximum atomic E-state index is 2.22. The summed E-state index contributed by atoms with van der Waals surface area (Å²) in [4.78, 5) is 0. The van der Waals surface area contributed by atoms with Crippen LogP contribution in [-0.4, -0.2) is 10.2 Å². The monoisotopic (exact) mass is 273 g/mol. The first-order chi connectivity index (χ1) is 9.82. The molecule has 0 unspecified atom stereocenters. The van der Waals surface area contributed by atoms with Gasteiger partial charge in [0.1, 0.15) is 0 Å². The van der Waals surface area contributed by atoms with E-state index in [0.717, 1.165) is 0 Å². The largest absolute Gasteiger partial charge is 0.0622 e. The van der Waals surface area contributed by atoms with Crippen LogP contribution in [0.5, 0.6) is 0 Å². The van der Waals surface area contributed by atoms with Gasteiger partial charge in [0.2, 0.25) is 0 Å². The third kappa shape index (κ3) is 2.21. The van der Waals surface area contributed by atoms with Crippen LogP contribution in [0.3, 0.4) is 0 Å². The Morgan fingerprint density at radius 3 is 0.950 bits per heavy atom. The summed E-state index contributed by atoms with van der Waals surface area (Å²) in [5, 5.41) is -0.0935. The van der Waals surface area contributed by atoms with E-state index in [2.05, 4.69) is 91.0 Å². The van der Waals surface area contributed by atoms with Gasteiger partial charge in [0, 0.05) is 15.3 Å². The summed E-state index contributed by atoms with van der Waals surface area (Å²) < 4.78 is 0. The Labute approximate surface area is 123 Å². The van der Waals surface area contributed by atoms with Crippen LogP contribution in [0.4, 0.5) is 0 Å². The minimum atomic E-state index is -0.0935. The second kappa shape index (κ2) is 5.47. The van der Waals surface area contributed by atoms with Crippen molar-refractivity contribution < 1.29 is 0 Å². The van der Waals surface area contributed by atoms with Gasteiger partial charge in [-0.3, -0.25) is 0 Å². The zero-order chi connectivity index (χ0) is 13.8. The molecule has 1 heteroatoms. The summed E-state index contributed by atoms with van der Waals surface area (Å²) in [5.74, 6) is 0. The lowest BCUT2D eigenvalue weighted by atomic mass is 9.84. The van der Waals surface area contributed by atoms with E-state index in [1.807, 2.05) is 10.2 Å². The molecule has 0 N–H and O–H groups in total. The lowest BCUT2D eigenvalue weighted by Crippen LogP contribution is -2.29. The van der Waals surface area contributed by atoms with Crippen LogP contribution in [0, 0.1) is 0 Å². The summed E-state index contributed by atoms with van der Waals surface area (Å²) in [7, 11) is 2.05. The number of hydrogen-bond acceptors (Lipinski definition) is 0. The van der Waals surface area contributed by atoms with Gasteiger partial charge in [-0.2, -0.15) is 0 Å². The molecule has 0 aliphatic rings.